The van der Waals surface area contributed by atoms with E-state index in [2.05, 4.69) is 9.98 Å². The average molecular weight is 311 g/mol. The molecule has 0 aliphatic carbocycles. The first-order chi connectivity index (χ1) is 10.4. The Hall–Kier alpha value is -2.15. The SMILES string of the molecule is CCCCN(O)/C=C1\C=NC(c2ccc(C(F)(F)F)cc2)=N1. The van der Waals surface area contributed by atoms with Gasteiger partial charge in [-0.15, -0.1) is 0 Å². The second-order valence-corrected chi connectivity index (χ2v) is 4.84. The highest BCUT2D eigenvalue weighted by Gasteiger charge is 2.30. The number of hydroxylamine groups is 2. The minimum Gasteiger partial charge on any atom is -0.289 e. The van der Waals surface area contributed by atoms with Gasteiger partial charge in [0.05, 0.1) is 18.0 Å². The molecule has 1 N–H and O–H groups in total. The molecule has 0 spiro atoms. The summed E-state index contributed by atoms with van der Waals surface area (Å²) in [6.07, 6.45) is 0.334. The van der Waals surface area contributed by atoms with E-state index in [0.717, 1.165) is 30.0 Å². The molecule has 22 heavy (non-hydrogen) atoms. The summed E-state index contributed by atoms with van der Waals surface area (Å²) in [6.45, 7) is 2.50. The van der Waals surface area contributed by atoms with Gasteiger partial charge in [0.25, 0.3) is 0 Å². The molecular weight excluding hydrogens is 295 g/mol. The van der Waals surface area contributed by atoms with Crippen LogP contribution in [0.15, 0.2) is 46.1 Å². The zero-order valence-electron chi connectivity index (χ0n) is 12.0. The number of nitrogens with zero attached hydrogens (tertiary/aromatic N) is 3. The van der Waals surface area contributed by atoms with Crippen LogP contribution in [0, 0.1) is 0 Å². The average Bonchev–Trinajstić information content (AvgIpc) is 2.93. The van der Waals surface area contributed by atoms with Crippen molar-refractivity contribution < 1.29 is 18.4 Å². The van der Waals surface area contributed by atoms with Crippen molar-refractivity contribution in [1.29, 1.82) is 0 Å². The summed E-state index contributed by atoms with van der Waals surface area (Å²) in [7, 11) is 0. The summed E-state index contributed by atoms with van der Waals surface area (Å²) < 4.78 is 37.5. The maximum absolute atomic E-state index is 12.5. The van der Waals surface area contributed by atoms with E-state index in [1.165, 1.54) is 24.5 Å². The van der Waals surface area contributed by atoms with Crippen LogP contribution in [0.3, 0.4) is 0 Å². The highest BCUT2D eigenvalue weighted by atomic mass is 19.4. The minimum atomic E-state index is -4.36. The monoisotopic (exact) mass is 311 g/mol. The summed E-state index contributed by atoms with van der Waals surface area (Å²) in [6, 6.07) is 4.65. The summed E-state index contributed by atoms with van der Waals surface area (Å²) in [5, 5.41) is 10.7. The van der Waals surface area contributed by atoms with E-state index in [0.29, 0.717) is 23.6 Å². The summed E-state index contributed by atoms with van der Waals surface area (Å²) >= 11 is 0. The van der Waals surface area contributed by atoms with Crippen LogP contribution < -0.4 is 0 Å². The predicted molar refractivity (Wildman–Crippen MR) is 78.0 cm³/mol. The Morgan fingerprint density at radius 3 is 2.50 bits per heavy atom. The molecule has 1 aliphatic rings. The fraction of sp³-hybridized carbons (Fsp3) is 0.333. The third kappa shape index (κ3) is 4.17. The molecule has 7 heteroatoms. The van der Waals surface area contributed by atoms with Crippen molar-refractivity contribution in [3.8, 4) is 0 Å². The first-order valence-corrected chi connectivity index (χ1v) is 6.88. The molecule has 118 valence electrons. The van der Waals surface area contributed by atoms with E-state index in [4.69, 9.17) is 0 Å². The molecule has 1 heterocycles. The third-order valence-corrected chi connectivity index (χ3v) is 3.05. The lowest BCUT2D eigenvalue weighted by atomic mass is 10.1. The number of amidine groups is 1. The van der Waals surface area contributed by atoms with E-state index >= 15 is 0 Å². The number of benzene rings is 1. The van der Waals surface area contributed by atoms with Crippen molar-refractivity contribution in [3.63, 3.8) is 0 Å². The molecule has 2 rings (SSSR count). The quantitative estimate of drug-likeness (QED) is 0.839. The van der Waals surface area contributed by atoms with Crippen LogP contribution in [0.2, 0.25) is 0 Å². The Balaban J connectivity index is 2.10. The lowest BCUT2D eigenvalue weighted by Crippen LogP contribution is -2.13. The first kappa shape index (κ1) is 16.2. The Labute approximate surface area is 126 Å². The second kappa shape index (κ2) is 6.74. The number of aliphatic imine (C=N–C) groups is 2. The van der Waals surface area contributed by atoms with Crippen molar-refractivity contribution in [1.82, 2.24) is 5.06 Å². The second-order valence-electron chi connectivity index (χ2n) is 4.84. The fourth-order valence-corrected chi connectivity index (χ4v) is 1.85. The van der Waals surface area contributed by atoms with Gasteiger partial charge in [-0.25, -0.2) is 9.98 Å². The van der Waals surface area contributed by atoms with E-state index in [1.54, 1.807) is 0 Å². The van der Waals surface area contributed by atoms with E-state index in [9.17, 15) is 18.4 Å². The van der Waals surface area contributed by atoms with Crippen LogP contribution in [-0.2, 0) is 6.18 Å². The van der Waals surface area contributed by atoms with Crippen LogP contribution in [-0.4, -0.2) is 28.9 Å². The van der Waals surface area contributed by atoms with Gasteiger partial charge in [-0.1, -0.05) is 25.5 Å². The van der Waals surface area contributed by atoms with Crippen molar-refractivity contribution in [2.45, 2.75) is 25.9 Å². The van der Waals surface area contributed by atoms with Gasteiger partial charge in [0.15, 0.2) is 5.84 Å². The maximum Gasteiger partial charge on any atom is 0.416 e. The summed E-state index contributed by atoms with van der Waals surface area (Å²) in [5.74, 6) is 0.323. The molecule has 0 aromatic heterocycles. The highest BCUT2D eigenvalue weighted by Crippen LogP contribution is 2.29. The van der Waals surface area contributed by atoms with Crippen LogP contribution in [0.1, 0.15) is 30.9 Å². The first-order valence-electron chi connectivity index (χ1n) is 6.88. The Morgan fingerprint density at radius 1 is 1.23 bits per heavy atom. The van der Waals surface area contributed by atoms with Crippen molar-refractivity contribution in [2.75, 3.05) is 6.54 Å². The molecule has 0 unspecified atom stereocenters. The molecule has 1 aliphatic heterocycles. The molecule has 0 fully saturated rings. The van der Waals surface area contributed by atoms with Gasteiger partial charge in [0, 0.05) is 12.1 Å². The number of halogens is 3. The van der Waals surface area contributed by atoms with Gasteiger partial charge in [0.1, 0.15) is 5.70 Å². The van der Waals surface area contributed by atoms with Crippen LogP contribution in [0.25, 0.3) is 0 Å². The predicted octanol–water partition coefficient (Wildman–Crippen LogP) is 3.87. The molecular formula is C15H16F3N3O. The molecule has 0 radical (unpaired) electrons. The number of hydrogen-bond acceptors (Lipinski definition) is 4. The molecule has 0 amide bonds. The zero-order valence-corrected chi connectivity index (χ0v) is 12.0. The standard InChI is InChI=1S/C15H16F3N3O/c1-2-3-8-21(22)10-13-9-19-14(20-13)11-4-6-12(7-5-11)15(16,17)18/h4-7,9-10,22H,2-3,8H2,1H3/b13-10+. The van der Waals surface area contributed by atoms with Gasteiger partial charge in [-0.3, -0.25) is 10.3 Å². The van der Waals surface area contributed by atoms with Crippen LogP contribution in [0.5, 0.6) is 0 Å². The zero-order chi connectivity index (χ0) is 16.2. The lowest BCUT2D eigenvalue weighted by molar-refractivity contribution is -0.137. The normalized spacial score (nSPS) is 16.2. The number of alkyl halides is 3. The molecule has 1 aromatic carbocycles. The largest absolute Gasteiger partial charge is 0.416 e. The van der Waals surface area contributed by atoms with Gasteiger partial charge < -0.3 is 0 Å². The lowest BCUT2D eigenvalue weighted by Gasteiger charge is -2.10. The van der Waals surface area contributed by atoms with Crippen molar-refractivity contribution in [3.05, 3.63) is 47.3 Å². The smallest absolute Gasteiger partial charge is 0.289 e. The molecule has 4 nitrogen and oxygen atoms in total. The Bertz CT molecular complexity index is 603. The van der Waals surface area contributed by atoms with Gasteiger partial charge >= 0.3 is 6.18 Å². The van der Waals surface area contributed by atoms with Gasteiger partial charge in [0.2, 0.25) is 0 Å². The summed E-state index contributed by atoms with van der Waals surface area (Å²) in [4.78, 5) is 8.22. The molecule has 0 bridgehead atoms. The van der Waals surface area contributed by atoms with Crippen LogP contribution in [0.4, 0.5) is 13.2 Å². The summed E-state index contributed by atoms with van der Waals surface area (Å²) in [5.41, 5.74) is 0.231. The van der Waals surface area contributed by atoms with Gasteiger partial charge in [-0.2, -0.15) is 13.2 Å². The highest BCUT2D eigenvalue weighted by molar-refractivity contribution is 6.10. The molecule has 0 saturated heterocycles. The van der Waals surface area contributed by atoms with Crippen molar-refractivity contribution >= 4 is 12.1 Å². The van der Waals surface area contributed by atoms with Gasteiger partial charge in [-0.05, 0) is 18.6 Å². The van der Waals surface area contributed by atoms with Crippen molar-refractivity contribution in [2.24, 2.45) is 9.98 Å². The fourth-order valence-electron chi connectivity index (χ4n) is 1.85. The van der Waals surface area contributed by atoms with E-state index < -0.39 is 11.7 Å². The van der Waals surface area contributed by atoms with E-state index in [1.807, 2.05) is 6.92 Å². The maximum atomic E-state index is 12.5. The topological polar surface area (TPSA) is 48.2 Å². The van der Waals surface area contributed by atoms with E-state index in [-0.39, 0.29) is 0 Å². The Kier molecular flexibility index (Phi) is 4.97. The molecule has 0 saturated carbocycles. The number of allylic oxidation sites excluding steroid dienone is 1. The molecule has 0 atom stereocenters. The Morgan fingerprint density at radius 2 is 1.91 bits per heavy atom. The minimum absolute atomic E-state index is 0.323. The number of rotatable bonds is 5. The molecule has 1 aromatic rings. The van der Waals surface area contributed by atoms with Crippen LogP contribution >= 0.6 is 0 Å². The number of unbranched alkanes of at least 4 members (excludes halogenated alkanes) is 1. The number of hydrogen-bond donors (Lipinski definition) is 1. The third-order valence-electron chi connectivity index (χ3n) is 3.05.